The Balaban J connectivity index is 1.94. The van der Waals surface area contributed by atoms with E-state index in [0.29, 0.717) is 6.42 Å². The molecule has 1 atom stereocenters. The lowest BCUT2D eigenvalue weighted by Crippen LogP contribution is -2.09. The van der Waals surface area contributed by atoms with Crippen molar-refractivity contribution in [1.29, 1.82) is 0 Å². The van der Waals surface area contributed by atoms with E-state index in [9.17, 15) is 4.79 Å². The number of benzene rings is 2. The first-order chi connectivity index (χ1) is 14.1. The summed E-state index contributed by atoms with van der Waals surface area (Å²) >= 11 is 5.12. The van der Waals surface area contributed by atoms with Gasteiger partial charge in [0.15, 0.2) is 11.0 Å². The van der Waals surface area contributed by atoms with Crippen molar-refractivity contribution in [2.45, 2.75) is 24.0 Å². The molecule has 2 heterocycles. The molecular formula is C21H19BrN4O2S. The van der Waals surface area contributed by atoms with Crippen molar-refractivity contribution in [3.05, 3.63) is 70.0 Å². The van der Waals surface area contributed by atoms with Crippen LogP contribution in [-0.2, 0) is 9.53 Å². The summed E-state index contributed by atoms with van der Waals surface area (Å²) in [7, 11) is 1.40. The summed E-state index contributed by atoms with van der Waals surface area (Å²) in [5.74, 6) is 0.467. The molecule has 148 valence electrons. The van der Waals surface area contributed by atoms with Crippen LogP contribution in [0.25, 0.3) is 5.69 Å². The van der Waals surface area contributed by atoms with Gasteiger partial charge in [-0.1, -0.05) is 58.0 Å². The second-order valence-electron chi connectivity index (χ2n) is 6.52. The zero-order valence-corrected chi connectivity index (χ0v) is 18.4. The molecule has 0 unspecified atom stereocenters. The van der Waals surface area contributed by atoms with Crippen LogP contribution in [0, 0.1) is 0 Å². The highest BCUT2D eigenvalue weighted by Crippen LogP contribution is 2.36. The Morgan fingerprint density at radius 2 is 2.00 bits per heavy atom. The first kappa shape index (κ1) is 19.8. The third-order valence-electron chi connectivity index (χ3n) is 4.78. The van der Waals surface area contributed by atoms with Crippen molar-refractivity contribution in [3.8, 4) is 5.69 Å². The summed E-state index contributed by atoms with van der Waals surface area (Å²) in [5.41, 5.74) is 3.84. The highest BCUT2D eigenvalue weighted by atomic mass is 79.9. The summed E-state index contributed by atoms with van der Waals surface area (Å²) in [6.07, 6.45) is 2.72. The fourth-order valence-corrected chi connectivity index (χ4v) is 4.27. The van der Waals surface area contributed by atoms with Crippen LogP contribution in [0.15, 0.2) is 63.2 Å². The van der Waals surface area contributed by atoms with Gasteiger partial charge >= 0.3 is 5.97 Å². The van der Waals surface area contributed by atoms with Crippen LogP contribution in [0.1, 0.15) is 35.8 Å². The SMILES string of the molecule is COC(=O)CC[C@@H]1N=C(c2ccccc2)c2cc(Br)ccc2-n2c(SC)nnc21. The van der Waals surface area contributed by atoms with Crippen molar-refractivity contribution in [2.75, 3.05) is 13.4 Å². The Bertz CT molecular complexity index is 1080. The van der Waals surface area contributed by atoms with Gasteiger partial charge in [-0.2, -0.15) is 0 Å². The summed E-state index contributed by atoms with van der Waals surface area (Å²) in [5, 5.41) is 9.58. The number of ether oxygens (including phenoxy) is 1. The lowest BCUT2D eigenvalue weighted by Gasteiger charge is -2.13. The average molecular weight is 471 g/mol. The number of hydrogen-bond donors (Lipinski definition) is 0. The highest BCUT2D eigenvalue weighted by Gasteiger charge is 2.29. The summed E-state index contributed by atoms with van der Waals surface area (Å²) in [6, 6.07) is 15.9. The average Bonchev–Trinajstić information content (AvgIpc) is 3.12. The number of methoxy groups -OCH3 is 1. The van der Waals surface area contributed by atoms with E-state index < -0.39 is 0 Å². The largest absolute Gasteiger partial charge is 0.469 e. The van der Waals surface area contributed by atoms with Crippen molar-refractivity contribution in [2.24, 2.45) is 4.99 Å². The van der Waals surface area contributed by atoms with E-state index in [4.69, 9.17) is 9.73 Å². The number of aromatic nitrogens is 3. The van der Waals surface area contributed by atoms with E-state index in [0.717, 1.165) is 38.0 Å². The number of rotatable bonds is 5. The Labute approximate surface area is 181 Å². The lowest BCUT2D eigenvalue weighted by atomic mass is 10.0. The molecule has 8 heteroatoms. The molecular weight excluding hydrogens is 452 g/mol. The maximum Gasteiger partial charge on any atom is 0.305 e. The van der Waals surface area contributed by atoms with Crippen LogP contribution in [-0.4, -0.2) is 39.8 Å². The Morgan fingerprint density at radius 3 is 2.72 bits per heavy atom. The van der Waals surface area contributed by atoms with Crippen molar-refractivity contribution >= 4 is 39.4 Å². The molecule has 0 radical (unpaired) electrons. The molecule has 4 rings (SSSR count). The maximum atomic E-state index is 11.8. The fraction of sp³-hybridized carbons (Fsp3) is 0.238. The van der Waals surface area contributed by atoms with Gasteiger partial charge in [-0.15, -0.1) is 10.2 Å². The second-order valence-corrected chi connectivity index (χ2v) is 8.21. The molecule has 0 amide bonds. The normalized spacial score (nSPS) is 15.1. The van der Waals surface area contributed by atoms with Gasteiger partial charge in [-0.3, -0.25) is 14.4 Å². The molecule has 1 aliphatic rings. The molecule has 1 aromatic heterocycles. The zero-order chi connectivity index (χ0) is 20.4. The molecule has 0 fully saturated rings. The minimum absolute atomic E-state index is 0.258. The molecule has 0 N–H and O–H groups in total. The van der Waals surface area contributed by atoms with Gasteiger partial charge < -0.3 is 4.74 Å². The number of aliphatic imine (C=N–C) groups is 1. The predicted molar refractivity (Wildman–Crippen MR) is 117 cm³/mol. The molecule has 3 aromatic rings. The second kappa shape index (κ2) is 8.51. The highest BCUT2D eigenvalue weighted by molar-refractivity contribution is 9.10. The fourth-order valence-electron chi connectivity index (χ4n) is 3.41. The first-order valence-electron chi connectivity index (χ1n) is 9.12. The summed E-state index contributed by atoms with van der Waals surface area (Å²) in [6.45, 7) is 0. The van der Waals surface area contributed by atoms with Gasteiger partial charge in [0.2, 0.25) is 0 Å². The van der Waals surface area contributed by atoms with Crippen molar-refractivity contribution < 1.29 is 9.53 Å². The molecule has 6 nitrogen and oxygen atoms in total. The molecule has 0 bridgehead atoms. The smallest absolute Gasteiger partial charge is 0.305 e. The van der Waals surface area contributed by atoms with Gasteiger partial charge in [0, 0.05) is 22.0 Å². The number of esters is 1. The van der Waals surface area contributed by atoms with E-state index in [-0.39, 0.29) is 18.4 Å². The molecule has 2 aromatic carbocycles. The summed E-state index contributed by atoms with van der Waals surface area (Å²) < 4.78 is 7.85. The molecule has 0 aliphatic carbocycles. The van der Waals surface area contributed by atoms with Gasteiger partial charge in [0.1, 0.15) is 6.04 Å². The quantitative estimate of drug-likeness (QED) is 0.402. The summed E-state index contributed by atoms with van der Waals surface area (Å²) in [4.78, 5) is 16.9. The topological polar surface area (TPSA) is 69.4 Å². The van der Waals surface area contributed by atoms with E-state index in [1.165, 1.54) is 18.9 Å². The number of thioether (sulfide) groups is 1. The van der Waals surface area contributed by atoms with E-state index in [1.54, 1.807) is 0 Å². The van der Waals surface area contributed by atoms with Crippen LogP contribution < -0.4 is 0 Å². The monoisotopic (exact) mass is 470 g/mol. The van der Waals surface area contributed by atoms with Gasteiger partial charge in [-0.25, -0.2) is 0 Å². The maximum absolute atomic E-state index is 11.8. The third kappa shape index (κ3) is 3.86. The van der Waals surface area contributed by atoms with Crippen LogP contribution in [0.5, 0.6) is 0 Å². The van der Waals surface area contributed by atoms with Gasteiger partial charge in [0.25, 0.3) is 0 Å². The number of halogens is 1. The van der Waals surface area contributed by atoms with Crippen LogP contribution in [0.3, 0.4) is 0 Å². The number of carbonyl (C=O) groups is 1. The van der Waals surface area contributed by atoms with Crippen LogP contribution >= 0.6 is 27.7 Å². The predicted octanol–water partition coefficient (Wildman–Crippen LogP) is 4.60. The minimum Gasteiger partial charge on any atom is -0.469 e. The van der Waals surface area contributed by atoms with Crippen LogP contribution in [0.2, 0.25) is 0 Å². The van der Waals surface area contributed by atoms with Gasteiger partial charge in [-0.05, 0) is 30.9 Å². The molecule has 29 heavy (non-hydrogen) atoms. The Morgan fingerprint density at radius 1 is 1.21 bits per heavy atom. The Hall–Kier alpha value is -2.45. The van der Waals surface area contributed by atoms with Gasteiger partial charge in [0.05, 0.1) is 18.5 Å². The van der Waals surface area contributed by atoms with Crippen molar-refractivity contribution in [1.82, 2.24) is 14.8 Å². The van der Waals surface area contributed by atoms with E-state index >= 15 is 0 Å². The number of nitrogens with zero attached hydrogens (tertiary/aromatic N) is 4. The minimum atomic E-state index is -0.316. The Kier molecular flexibility index (Phi) is 5.82. The number of carbonyl (C=O) groups excluding carboxylic acids is 1. The standard InChI is InChI=1S/C21H19BrN4O2S/c1-28-18(27)11-9-16-20-24-25-21(29-2)26(20)17-10-8-14(22)12-15(17)19(23-16)13-6-4-3-5-7-13/h3-8,10,12,16H,9,11H2,1-2H3/t16-/m0/s1. The van der Waals surface area contributed by atoms with E-state index in [1.807, 2.05) is 53.3 Å². The lowest BCUT2D eigenvalue weighted by molar-refractivity contribution is -0.140. The zero-order valence-electron chi connectivity index (χ0n) is 16.0. The third-order valence-corrected chi connectivity index (χ3v) is 5.90. The molecule has 0 saturated carbocycles. The first-order valence-corrected chi connectivity index (χ1v) is 11.1. The molecule has 0 saturated heterocycles. The van der Waals surface area contributed by atoms with Crippen molar-refractivity contribution in [3.63, 3.8) is 0 Å². The number of fused-ring (bicyclic) bond motifs is 3. The van der Waals surface area contributed by atoms with Crippen LogP contribution in [0.4, 0.5) is 0 Å². The molecule has 1 aliphatic heterocycles. The van der Waals surface area contributed by atoms with E-state index in [2.05, 4.69) is 32.2 Å². The molecule has 0 spiro atoms. The number of hydrogen-bond acceptors (Lipinski definition) is 6.